The lowest BCUT2D eigenvalue weighted by atomic mass is 9.90. The minimum atomic E-state index is 0.250. The number of nitrogens with one attached hydrogen (secondary N) is 1. The molecule has 3 N–H and O–H groups in total. The van der Waals surface area contributed by atoms with Crippen LogP contribution in [0.25, 0.3) is 5.78 Å². The Balaban J connectivity index is 0.000000858. The summed E-state index contributed by atoms with van der Waals surface area (Å²) >= 11 is 1.25. The van der Waals surface area contributed by atoms with E-state index in [1.165, 1.54) is 50.4 Å². The summed E-state index contributed by atoms with van der Waals surface area (Å²) in [5.41, 5.74) is 2.03. The highest BCUT2D eigenvalue weighted by molar-refractivity contribution is 7.97. The first-order chi connectivity index (χ1) is 15.2. The van der Waals surface area contributed by atoms with Crippen LogP contribution in [0, 0.1) is 5.92 Å². The van der Waals surface area contributed by atoms with Gasteiger partial charge in [0.05, 0.1) is 12.3 Å². The molecule has 0 spiro atoms. The molecule has 9 nitrogen and oxygen atoms in total. The van der Waals surface area contributed by atoms with Crippen molar-refractivity contribution in [2.24, 2.45) is 11.1 Å². The minimum absolute atomic E-state index is 0.250. The molecular weight excluding hydrogens is 416 g/mol. The number of carbonyl (C=O) groups excluding carboxylic acids is 2. The van der Waals surface area contributed by atoms with E-state index in [0.29, 0.717) is 24.8 Å². The van der Waals surface area contributed by atoms with Crippen LogP contribution in [-0.2, 0) is 27.5 Å². The second-order valence-corrected chi connectivity index (χ2v) is 8.03. The maximum atomic E-state index is 8.12. The van der Waals surface area contributed by atoms with Crippen molar-refractivity contribution in [3.8, 4) is 0 Å². The molecule has 1 fully saturated rings. The highest BCUT2D eigenvalue weighted by Crippen LogP contribution is 2.24. The third-order valence-corrected chi connectivity index (χ3v) is 5.71. The van der Waals surface area contributed by atoms with Crippen molar-refractivity contribution in [1.82, 2.24) is 19.6 Å². The third-order valence-electron chi connectivity index (χ3n) is 5.17. The van der Waals surface area contributed by atoms with E-state index in [2.05, 4.69) is 32.5 Å². The molecule has 31 heavy (non-hydrogen) atoms. The smallest absolute Gasteiger partial charge is 0.373 e. The van der Waals surface area contributed by atoms with E-state index in [4.69, 9.17) is 19.5 Å². The molecule has 0 saturated heterocycles. The van der Waals surface area contributed by atoms with Gasteiger partial charge in [-0.25, -0.2) is 4.98 Å². The molecule has 1 aliphatic rings. The summed E-state index contributed by atoms with van der Waals surface area (Å²) < 4.78 is 7.68. The second-order valence-electron chi connectivity index (χ2n) is 7.32. The predicted molar refractivity (Wildman–Crippen MR) is 116 cm³/mol. The number of anilines is 1. The van der Waals surface area contributed by atoms with Crippen LogP contribution < -0.4 is 10.5 Å². The minimum Gasteiger partial charge on any atom is -0.375 e. The van der Waals surface area contributed by atoms with Crippen LogP contribution in [0.5, 0.6) is 0 Å². The molecule has 0 atom stereocenters. The van der Waals surface area contributed by atoms with Crippen molar-refractivity contribution in [2.75, 3.05) is 11.9 Å². The van der Waals surface area contributed by atoms with Gasteiger partial charge in [0.1, 0.15) is 12.1 Å². The largest absolute Gasteiger partial charge is 0.375 e. The Bertz CT molecular complexity index is 982. The number of rotatable bonds is 8. The lowest BCUT2D eigenvalue weighted by Crippen LogP contribution is -2.14. The van der Waals surface area contributed by atoms with Crippen LogP contribution >= 0.6 is 11.9 Å². The standard InChI is InChI=1S/C20H26N6OS.CO2/c21-28-18-8-6-15(7-9-18)11-22-19-10-17(25-20-23-14-24-26(19)20)13-27-12-16-4-2-1-3-5-16;2-1-3/h6-10,14,16,22H,1-5,11-13,21H2;. The van der Waals surface area contributed by atoms with E-state index in [0.717, 1.165) is 28.6 Å². The van der Waals surface area contributed by atoms with Gasteiger partial charge in [0.25, 0.3) is 5.78 Å². The SMILES string of the molecule is NSc1ccc(CNc2cc(COCC3CCCCC3)nc3ncnn23)cc1.O=C=O. The molecule has 0 bridgehead atoms. The van der Waals surface area contributed by atoms with Gasteiger partial charge >= 0.3 is 6.15 Å². The molecule has 1 aliphatic carbocycles. The molecule has 0 unspecified atom stereocenters. The summed E-state index contributed by atoms with van der Waals surface area (Å²) in [6.45, 7) is 1.99. The molecule has 0 aliphatic heterocycles. The Labute approximate surface area is 184 Å². The number of nitrogens with two attached hydrogens (primary N) is 1. The zero-order chi connectivity index (χ0) is 21.9. The quantitative estimate of drug-likeness (QED) is 0.506. The fourth-order valence-electron chi connectivity index (χ4n) is 3.62. The number of aromatic nitrogens is 4. The van der Waals surface area contributed by atoms with Crippen molar-refractivity contribution >= 4 is 29.7 Å². The van der Waals surface area contributed by atoms with Gasteiger partial charge in [-0.3, -0.25) is 5.14 Å². The van der Waals surface area contributed by atoms with Gasteiger partial charge in [0.2, 0.25) is 0 Å². The molecule has 10 heteroatoms. The van der Waals surface area contributed by atoms with Crippen LogP contribution in [0.3, 0.4) is 0 Å². The molecule has 0 amide bonds. The zero-order valence-electron chi connectivity index (χ0n) is 17.2. The summed E-state index contributed by atoms with van der Waals surface area (Å²) in [7, 11) is 0. The summed E-state index contributed by atoms with van der Waals surface area (Å²) in [5.74, 6) is 2.13. The maximum Gasteiger partial charge on any atom is 0.373 e. The topological polar surface area (TPSA) is 124 Å². The first kappa shape index (κ1) is 22.9. The summed E-state index contributed by atoms with van der Waals surface area (Å²) in [4.78, 5) is 26.1. The highest BCUT2D eigenvalue weighted by atomic mass is 32.2. The van der Waals surface area contributed by atoms with E-state index < -0.39 is 0 Å². The van der Waals surface area contributed by atoms with Crippen LogP contribution in [0.4, 0.5) is 5.82 Å². The number of hydrogen-bond acceptors (Lipinski definition) is 9. The fraction of sp³-hybridized carbons (Fsp3) is 0.429. The van der Waals surface area contributed by atoms with Crippen molar-refractivity contribution in [2.45, 2.75) is 50.2 Å². The van der Waals surface area contributed by atoms with Gasteiger partial charge in [-0.1, -0.05) is 31.4 Å². The van der Waals surface area contributed by atoms with Gasteiger partial charge in [-0.15, -0.1) is 0 Å². The third kappa shape index (κ3) is 6.86. The van der Waals surface area contributed by atoms with E-state index in [-0.39, 0.29) is 6.15 Å². The summed E-state index contributed by atoms with van der Waals surface area (Å²) in [6.07, 6.45) is 8.36. The Morgan fingerprint density at radius 2 is 1.94 bits per heavy atom. The molecule has 1 aromatic carbocycles. The first-order valence-corrected chi connectivity index (χ1v) is 11.1. The van der Waals surface area contributed by atoms with Gasteiger partial charge in [-0.2, -0.15) is 24.2 Å². The van der Waals surface area contributed by atoms with Crippen molar-refractivity contribution in [1.29, 1.82) is 0 Å². The zero-order valence-corrected chi connectivity index (χ0v) is 18.0. The van der Waals surface area contributed by atoms with Gasteiger partial charge in [0, 0.05) is 24.1 Å². The van der Waals surface area contributed by atoms with Gasteiger partial charge in [0.15, 0.2) is 0 Å². The van der Waals surface area contributed by atoms with E-state index in [1.807, 2.05) is 18.2 Å². The molecule has 1 saturated carbocycles. The maximum absolute atomic E-state index is 8.12. The van der Waals surface area contributed by atoms with Crippen LogP contribution in [-0.4, -0.2) is 32.3 Å². The normalized spacial score (nSPS) is 14.0. The Morgan fingerprint density at radius 3 is 2.65 bits per heavy atom. The van der Waals surface area contributed by atoms with E-state index in [9.17, 15) is 0 Å². The Hall–Kier alpha value is -2.78. The van der Waals surface area contributed by atoms with E-state index in [1.54, 1.807) is 4.52 Å². The van der Waals surface area contributed by atoms with Crippen LogP contribution in [0.2, 0.25) is 0 Å². The highest BCUT2D eigenvalue weighted by Gasteiger charge is 2.14. The molecular formula is C21H26N6O3S. The van der Waals surface area contributed by atoms with Crippen LogP contribution in [0.1, 0.15) is 43.4 Å². The molecule has 0 radical (unpaired) electrons. The number of benzene rings is 1. The fourth-order valence-corrected chi connectivity index (χ4v) is 3.92. The van der Waals surface area contributed by atoms with Crippen molar-refractivity contribution in [3.05, 3.63) is 47.9 Å². The number of nitrogens with zero attached hydrogens (tertiary/aromatic N) is 4. The van der Waals surface area contributed by atoms with Crippen LogP contribution in [0.15, 0.2) is 41.6 Å². The summed E-state index contributed by atoms with van der Waals surface area (Å²) in [5, 5.41) is 13.3. The molecule has 3 aromatic rings. The second kappa shape index (κ2) is 12.2. The van der Waals surface area contributed by atoms with E-state index >= 15 is 0 Å². The average molecular weight is 443 g/mol. The monoisotopic (exact) mass is 442 g/mol. The number of fused-ring (bicyclic) bond motifs is 1. The number of hydrogen-bond donors (Lipinski definition) is 2. The molecule has 2 heterocycles. The van der Waals surface area contributed by atoms with Gasteiger partial charge in [-0.05, 0) is 48.4 Å². The lowest BCUT2D eigenvalue weighted by molar-refractivity contribution is -0.191. The summed E-state index contributed by atoms with van der Waals surface area (Å²) in [6, 6.07) is 10.2. The molecule has 164 valence electrons. The van der Waals surface area contributed by atoms with Crippen molar-refractivity contribution < 1.29 is 14.3 Å². The lowest BCUT2D eigenvalue weighted by Gasteiger charge is -2.21. The predicted octanol–water partition coefficient (Wildman–Crippen LogP) is 3.22. The molecule has 4 rings (SSSR count). The number of ether oxygens (including phenoxy) is 1. The Kier molecular flexibility index (Phi) is 8.99. The molecule has 2 aromatic heterocycles. The van der Waals surface area contributed by atoms with Crippen molar-refractivity contribution in [3.63, 3.8) is 0 Å². The van der Waals surface area contributed by atoms with Gasteiger partial charge < -0.3 is 10.1 Å². The Morgan fingerprint density at radius 1 is 1.19 bits per heavy atom. The average Bonchev–Trinajstić information content (AvgIpc) is 3.28. The first-order valence-electron chi connectivity index (χ1n) is 10.2.